The maximum atomic E-state index is 16.1. The van der Waals surface area contributed by atoms with Crippen molar-refractivity contribution in [3.8, 4) is 5.75 Å². The van der Waals surface area contributed by atoms with Gasteiger partial charge >= 0.3 is 6.61 Å². The predicted molar refractivity (Wildman–Crippen MR) is 113 cm³/mol. The Balaban J connectivity index is 1.81. The standard InChI is InChI=1S/C22H16F5N3O2S/c1-12-6-7-13(10-28-12)19-29-30(22(27)8-16(23)15(11-31)17(24)9-22)20(33-19)14-4-2-3-5-18(14)32-21(25)26/h2-8,10-11,20-21H,9H2,1H3. The molecule has 1 aromatic carbocycles. The van der Waals surface area contributed by atoms with Gasteiger partial charge in [0.05, 0.1) is 12.0 Å². The first-order valence-electron chi connectivity index (χ1n) is 9.64. The number of aryl methyl sites for hydroxylation is 1. The minimum absolute atomic E-state index is 0.0323. The third-order valence-corrected chi connectivity index (χ3v) is 6.22. The summed E-state index contributed by atoms with van der Waals surface area (Å²) in [6.07, 6.45) is 0.933. The fourth-order valence-corrected chi connectivity index (χ4v) is 4.69. The Morgan fingerprint density at radius 2 is 2.00 bits per heavy atom. The Kier molecular flexibility index (Phi) is 6.24. The summed E-state index contributed by atoms with van der Waals surface area (Å²) in [6, 6.07) is 9.09. The number of carbonyl (C=O) groups excluding carboxylic acids is 1. The summed E-state index contributed by atoms with van der Waals surface area (Å²) >= 11 is 0.985. The maximum Gasteiger partial charge on any atom is 0.387 e. The van der Waals surface area contributed by atoms with Crippen molar-refractivity contribution >= 4 is 23.1 Å². The van der Waals surface area contributed by atoms with Gasteiger partial charge in [0.25, 0.3) is 0 Å². The quantitative estimate of drug-likeness (QED) is 0.299. The summed E-state index contributed by atoms with van der Waals surface area (Å²) in [5.41, 5.74) is 0.469. The number of hydrogen-bond acceptors (Lipinski definition) is 6. The number of alkyl halides is 3. The molecule has 0 saturated heterocycles. The second kappa shape index (κ2) is 8.97. The van der Waals surface area contributed by atoms with Gasteiger partial charge in [0.1, 0.15) is 27.8 Å². The van der Waals surface area contributed by atoms with Crippen LogP contribution < -0.4 is 4.74 Å². The van der Waals surface area contributed by atoms with Gasteiger partial charge < -0.3 is 4.74 Å². The van der Waals surface area contributed by atoms with Crippen molar-refractivity contribution in [2.75, 3.05) is 0 Å². The van der Waals surface area contributed by atoms with E-state index in [-0.39, 0.29) is 22.6 Å². The molecule has 2 unspecified atom stereocenters. The van der Waals surface area contributed by atoms with Crippen LogP contribution in [0.4, 0.5) is 22.0 Å². The molecule has 0 amide bonds. The summed E-state index contributed by atoms with van der Waals surface area (Å²) in [7, 11) is 0. The van der Waals surface area contributed by atoms with Crippen LogP contribution in [0.15, 0.2) is 71.0 Å². The SMILES string of the molecule is Cc1ccc(C2=NN(C3(F)C=C(F)C(C=O)=C(F)C3)C(c3ccccc3OC(F)F)S2)cn1. The fraction of sp³-hybridized carbons (Fsp3) is 0.227. The van der Waals surface area contributed by atoms with Crippen LogP contribution in [0, 0.1) is 6.92 Å². The Morgan fingerprint density at radius 3 is 2.64 bits per heavy atom. The van der Waals surface area contributed by atoms with Gasteiger partial charge in [0.2, 0.25) is 5.79 Å². The molecule has 1 aromatic heterocycles. The van der Waals surface area contributed by atoms with Crippen LogP contribution in [0.3, 0.4) is 0 Å². The average molecular weight is 481 g/mol. The van der Waals surface area contributed by atoms with Crippen molar-refractivity contribution in [1.29, 1.82) is 0 Å². The van der Waals surface area contributed by atoms with Crippen molar-refractivity contribution < 1.29 is 31.5 Å². The zero-order chi connectivity index (χ0) is 23.8. The molecule has 0 saturated carbocycles. The number of rotatable bonds is 6. The van der Waals surface area contributed by atoms with Crippen molar-refractivity contribution in [3.05, 3.63) is 82.7 Å². The molecular formula is C22H16F5N3O2S. The molecule has 0 fully saturated rings. The van der Waals surface area contributed by atoms with Gasteiger partial charge in [0, 0.05) is 29.1 Å². The van der Waals surface area contributed by atoms with E-state index in [9.17, 15) is 22.4 Å². The molecule has 2 atom stereocenters. The zero-order valence-corrected chi connectivity index (χ0v) is 17.8. The van der Waals surface area contributed by atoms with Gasteiger partial charge in [0.15, 0.2) is 6.29 Å². The number of ether oxygens (including phenoxy) is 1. The lowest BCUT2D eigenvalue weighted by molar-refractivity contribution is -0.105. The van der Waals surface area contributed by atoms with E-state index in [1.807, 2.05) is 0 Å². The number of nitrogens with zero attached hydrogens (tertiary/aromatic N) is 3. The summed E-state index contributed by atoms with van der Waals surface area (Å²) < 4.78 is 75.4. The Hall–Kier alpha value is -3.21. The predicted octanol–water partition coefficient (Wildman–Crippen LogP) is 5.75. The van der Waals surface area contributed by atoms with Crippen molar-refractivity contribution in [3.63, 3.8) is 0 Å². The number of allylic oxidation sites excluding steroid dienone is 2. The first-order valence-corrected chi connectivity index (χ1v) is 10.5. The van der Waals surface area contributed by atoms with E-state index in [0.717, 1.165) is 22.5 Å². The van der Waals surface area contributed by atoms with E-state index >= 15 is 4.39 Å². The largest absolute Gasteiger partial charge is 0.434 e. The van der Waals surface area contributed by atoms with E-state index < -0.39 is 41.4 Å². The molecule has 2 aromatic rings. The third-order valence-electron chi connectivity index (χ3n) is 5.00. The van der Waals surface area contributed by atoms with Gasteiger partial charge in [-0.25, -0.2) is 18.2 Å². The van der Waals surface area contributed by atoms with E-state index in [1.165, 1.54) is 30.5 Å². The molecule has 11 heteroatoms. The monoisotopic (exact) mass is 481 g/mol. The molecular weight excluding hydrogens is 465 g/mol. The van der Waals surface area contributed by atoms with Gasteiger partial charge in [-0.2, -0.15) is 13.9 Å². The second-order valence-corrected chi connectivity index (χ2v) is 8.32. The summed E-state index contributed by atoms with van der Waals surface area (Å²) in [5, 5.41) is 4.19. The lowest BCUT2D eigenvalue weighted by atomic mass is 9.98. The zero-order valence-electron chi connectivity index (χ0n) is 17.0. The maximum absolute atomic E-state index is 16.1. The average Bonchev–Trinajstić information content (AvgIpc) is 3.20. The Bertz CT molecular complexity index is 1170. The first kappa shape index (κ1) is 23.0. The molecule has 172 valence electrons. The number of aromatic nitrogens is 1. The lowest BCUT2D eigenvalue weighted by Gasteiger charge is -2.36. The van der Waals surface area contributed by atoms with Crippen LogP contribution in [-0.2, 0) is 4.79 Å². The summed E-state index contributed by atoms with van der Waals surface area (Å²) in [5.74, 6) is -5.72. The molecule has 0 N–H and O–H groups in total. The fourth-order valence-electron chi connectivity index (χ4n) is 3.44. The van der Waals surface area contributed by atoms with Crippen LogP contribution in [0.5, 0.6) is 5.75 Å². The van der Waals surface area contributed by atoms with Crippen LogP contribution >= 0.6 is 11.8 Å². The summed E-state index contributed by atoms with van der Waals surface area (Å²) in [4.78, 5) is 15.1. The molecule has 4 rings (SSSR count). The highest BCUT2D eigenvalue weighted by Crippen LogP contribution is 2.51. The normalized spacial score (nSPS) is 23.0. The van der Waals surface area contributed by atoms with Crippen LogP contribution in [0.25, 0.3) is 0 Å². The smallest absolute Gasteiger partial charge is 0.387 e. The van der Waals surface area contributed by atoms with Gasteiger partial charge in [-0.15, -0.1) is 0 Å². The Labute approximate surface area is 189 Å². The molecule has 0 spiro atoms. The molecule has 0 radical (unpaired) electrons. The van der Waals surface area contributed by atoms with Crippen molar-refractivity contribution in [2.24, 2.45) is 5.10 Å². The highest BCUT2D eigenvalue weighted by Gasteiger charge is 2.48. The Morgan fingerprint density at radius 1 is 1.24 bits per heavy atom. The number of hydrogen-bond donors (Lipinski definition) is 0. The molecule has 1 aliphatic heterocycles. The highest BCUT2D eigenvalue weighted by molar-refractivity contribution is 8.14. The van der Waals surface area contributed by atoms with Crippen LogP contribution in [-0.4, -0.2) is 33.7 Å². The molecule has 33 heavy (non-hydrogen) atoms. The number of benzene rings is 1. The molecule has 2 heterocycles. The first-order chi connectivity index (χ1) is 15.7. The number of para-hydroxylation sites is 1. The van der Waals surface area contributed by atoms with Crippen LogP contribution in [0.1, 0.15) is 28.6 Å². The molecule has 0 bridgehead atoms. The topological polar surface area (TPSA) is 54.8 Å². The van der Waals surface area contributed by atoms with E-state index in [2.05, 4.69) is 14.8 Å². The minimum Gasteiger partial charge on any atom is -0.434 e. The lowest BCUT2D eigenvalue weighted by Crippen LogP contribution is -2.42. The van der Waals surface area contributed by atoms with E-state index in [4.69, 9.17) is 0 Å². The number of pyridine rings is 1. The molecule has 2 aliphatic rings. The van der Waals surface area contributed by atoms with E-state index in [0.29, 0.717) is 11.6 Å². The molecule has 1 aliphatic carbocycles. The number of halogens is 5. The van der Waals surface area contributed by atoms with Crippen molar-refractivity contribution in [2.45, 2.75) is 31.1 Å². The number of carbonyl (C=O) groups is 1. The van der Waals surface area contributed by atoms with Gasteiger partial charge in [-0.1, -0.05) is 30.0 Å². The molecule has 5 nitrogen and oxygen atoms in total. The highest BCUT2D eigenvalue weighted by atomic mass is 32.2. The minimum atomic E-state index is -3.14. The van der Waals surface area contributed by atoms with E-state index in [1.54, 1.807) is 19.1 Å². The summed E-state index contributed by atoms with van der Waals surface area (Å²) in [6.45, 7) is -1.37. The van der Waals surface area contributed by atoms with Gasteiger partial charge in [-0.05, 0) is 25.1 Å². The number of hydrazone groups is 1. The second-order valence-electron chi connectivity index (χ2n) is 7.25. The number of aldehydes is 1. The third kappa shape index (κ3) is 4.50. The number of thioether (sulfide) groups is 1. The van der Waals surface area contributed by atoms with Crippen molar-refractivity contribution in [1.82, 2.24) is 9.99 Å². The van der Waals surface area contributed by atoms with Gasteiger partial charge in [-0.3, -0.25) is 9.78 Å². The van der Waals surface area contributed by atoms with Crippen LogP contribution in [0.2, 0.25) is 0 Å².